The van der Waals surface area contributed by atoms with Crippen molar-refractivity contribution in [1.29, 1.82) is 0 Å². The highest BCUT2D eigenvalue weighted by atomic mass is 35.5. The predicted molar refractivity (Wildman–Crippen MR) is 76.8 cm³/mol. The van der Waals surface area contributed by atoms with E-state index in [0.29, 0.717) is 16.5 Å². The summed E-state index contributed by atoms with van der Waals surface area (Å²) in [5.74, 6) is 0.0329. The molecule has 2 rings (SSSR count). The number of fused-ring (bicyclic) bond motifs is 1. The Hall–Kier alpha value is -1.47. The van der Waals surface area contributed by atoms with E-state index >= 15 is 0 Å². The molecule has 1 heterocycles. The van der Waals surface area contributed by atoms with Gasteiger partial charge in [-0.3, -0.25) is 9.10 Å². The third-order valence-corrected chi connectivity index (χ3v) is 4.29. The van der Waals surface area contributed by atoms with Crippen LogP contribution in [0.5, 0.6) is 5.75 Å². The summed E-state index contributed by atoms with van der Waals surface area (Å²) in [7, 11) is -0.342. The van der Waals surface area contributed by atoms with E-state index in [4.69, 9.17) is 16.3 Å². The van der Waals surface area contributed by atoms with Crippen molar-refractivity contribution < 1.29 is 17.9 Å². The fourth-order valence-corrected chi connectivity index (χ4v) is 3.03. The molecule has 0 N–H and O–H groups in total. The molecule has 1 aromatic carbocycles. The summed E-state index contributed by atoms with van der Waals surface area (Å²) >= 11 is 5.89. The average molecular weight is 319 g/mol. The Balaban J connectivity index is 2.48. The van der Waals surface area contributed by atoms with E-state index in [2.05, 4.69) is 0 Å². The van der Waals surface area contributed by atoms with Crippen molar-refractivity contribution in [2.75, 3.05) is 31.2 Å². The second kappa shape index (κ2) is 5.14. The zero-order chi connectivity index (χ0) is 15.1. The summed E-state index contributed by atoms with van der Waals surface area (Å²) in [5, 5.41) is 0.401. The Bertz CT molecular complexity index is 645. The highest BCUT2D eigenvalue weighted by Gasteiger charge is 2.35. The number of likely N-dealkylation sites (N-methyl/N-ethyl adjacent to an activating group) is 1. The maximum atomic E-state index is 12.0. The highest BCUT2D eigenvalue weighted by Crippen LogP contribution is 2.37. The number of ether oxygens (including phenoxy) is 1. The van der Waals surface area contributed by atoms with Crippen molar-refractivity contribution in [2.24, 2.45) is 0 Å². The molecule has 20 heavy (non-hydrogen) atoms. The lowest BCUT2D eigenvalue weighted by Gasteiger charge is -2.34. The van der Waals surface area contributed by atoms with Crippen molar-refractivity contribution in [2.45, 2.75) is 6.10 Å². The lowest BCUT2D eigenvalue weighted by Crippen LogP contribution is -2.50. The molecule has 0 radical (unpaired) electrons. The van der Waals surface area contributed by atoms with Crippen LogP contribution in [0, 0.1) is 0 Å². The Kier molecular flexibility index (Phi) is 3.84. The quantitative estimate of drug-likeness (QED) is 0.814. The van der Waals surface area contributed by atoms with Crippen LogP contribution in [0.2, 0.25) is 5.02 Å². The summed E-state index contributed by atoms with van der Waals surface area (Å²) in [6.45, 7) is -0.0663. The largest absolute Gasteiger partial charge is 0.476 e. The molecule has 1 atom stereocenters. The number of hydrogen-bond donors (Lipinski definition) is 0. The standard InChI is InChI=1S/C12H15ClN2O4S/c1-14(2)12(16)11-7-15(20(3,17)18)9-6-8(13)4-5-10(9)19-11/h4-6,11H,7H2,1-3H3/t11-/m1/s1. The van der Waals surface area contributed by atoms with Gasteiger partial charge < -0.3 is 9.64 Å². The number of halogens is 1. The smallest absolute Gasteiger partial charge is 0.265 e. The maximum Gasteiger partial charge on any atom is 0.265 e. The minimum Gasteiger partial charge on any atom is -0.476 e. The molecule has 0 fully saturated rings. The molecule has 1 amide bonds. The van der Waals surface area contributed by atoms with Crippen LogP contribution in [0.1, 0.15) is 0 Å². The SMILES string of the molecule is CN(C)C(=O)[C@H]1CN(S(C)(=O)=O)c2cc(Cl)ccc2O1. The van der Waals surface area contributed by atoms with Crippen LogP contribution >= 0.6 is 11.6 Å². The van der Waals surface area contributed by atoms with E-state index in [9.17, 15) is 13.2 Å². The maximum absolute atomic E-state index is 12.0. The summed E-state index contributed by atoms with van der Waals surface area (Å²) in [6.07, 6.45) is 0.216. The summed E-state index contributed by atoms with van der Waals surface area (Å²) in [4.78, 5) is 13.4. The molecule has 0 aliphatic carbocycles. The molecule has 0 saturated carbocycles. The zero-order valence-electron chi connectivity index (χ0n) is 11.3. The highest BCUT2D eigenvalue weighted by molar-refractivity contribution is 7.92. The number of carbonyl (C=O) groups excluding carboxylic acids is 1. The van der Waals surface area contributed by atoms with Crippen LogP contribution in [0.3, 0.4) is 0 Å². The zero-order valence-corrected chi connectivity index (χ0v) is 12.9. The number of sulfonamides is 1. The predicted octanol–water partition coefficient (Wildman–Crippen LogP) is 0.955. The molecule has 1 aliphatic heterocycles. The molecular formula is C12H15ClN2O4S. The summed E-state index contributed by atoms with van der Waals surface area (Å²) in [5.41, 5.74) is 0.350. The van der Waals surface area contributed by atoms with Crippen molar-refractivity contribution >= 4 is 33.2 Å². The number of anilines is 1. The molecule has 110 valence electrons. The first-order chi connectivity index (χ1) is 9.20. The number of nitrogens with zero attached hydrogens (tertiary/aromatic N) is 2. The fourth-order valence-electron chi connectivity index (χ4n) is 1.96. The van der Waals surface area contributed by atoms with Gasteiger partial charge in [-0.05, 0) is 18.2 Å². The summed E-state index contributed by atoms with van der Waals surface area (Å²) in [6, 6.07) is 4.66. The molecule has 1 aliphatic rings. The van der Waals surface area contributed by atoms with Crippen molar-refractivity contribution in [3.8, 4) is 5.75 Å². The molecule has 0 spiro atoms. The first-order valence-corrected chi connectivity index (χ1v) is 8.08. The van der Waals surface area contributed by atoms with Gasteiger partial charge in [0.25, 0.3) is 5.91 Å². The van der Waals surface area contributed by atoms with Crippen LogP contribution in [0.4, 0.5) is 5.69 Å². The Morgan fingerprint density at radius 3 is 2.65 bits per heavy atom. The van der Waals surface area contributed by atoms with Gasteiger partial charge in [0.15, 0.2) is 6.10 Å². The van der Waals surface area contributed by atoms with Gasteiger partial charge in [-0.25, -0.2) is 8.42 Å². The third kappa shape index (κ3) is 2.83. The van der Waals surface area contributed by atoms with Gasteiger partial charge in [0.1, 0.15) is 5.75 Å². The molecule has 6 nitrogen and oxygen atoms in total. The second-order valence-corrected chi connectivity index (χ2v) is 7.09. The molecule has 8 heteroatoms. The molecule has 1 aromatic rings. The van der Waals surface area contributed by atoms with Crippen molar-refractivity contribution in [3.05, 3.63) is 23.2 Å². The first-order valence-electron chi connectivity index (χ1n) is 5.85. The van der Waals surface area contributed by atoms with Crippen molar-refractivity contribution in [1.82, 2.24) is 4.90 Å². The average Bonchev–Trinajstić information content (AvgIpc) is 2.35. The molecule has 0 unspecified atom stereocenters. The van der Waals surface area contributed by atoms with E-state index in [-0.39, 0.29) is 12.5 Å². The molecule has 0 bridgehead atoms. The van der Waals surface area contributed by atoms with Gasteiger partial charge in [0.05, 0.1) is 18.5 Å². The third-order valence-electron chi connectivity index (χ3n) is 2.91. The van der Waals surface area contributed by atoms with Gasteiger partial charge in [-0.1, -0.05) is 11.6 Å². The van der Waals surface area contributed by atoms with E-state index < -0.39 is 16.1 Å². The normalized spacial score (nSPS) is 18.2. The van der Waals surface area contributed by atoms with Gasteiger partial charge in [-0.15, -0.1) is 0 Å². The van der Waals surface area contributed by atoms with Gasteiger partial charge in [0.2, 0.25) is 10.0 Å². The van der Waals surface area contributed by atoms with E-state index in [1.807, 2.05) is 0 Å². The van der Waals surface area contributed by atoms with E-state index in [1.165, 1.54) is 11.0 Å². The minimum absolute atomic E-state index is 0.0663. The van der Waals surface area contributed by atoms with Gasteiger partial charge in [0, 0.05) is 19.1 Å². The Morgan fingerprint density at radius 1 is 1.45 bits per heavy atom. The van der Waals surface area contributed by atoms with Gasteiger partial charge in [-0.2, -0.15) is 0 Å². The number of rotatable bonds is 2. The van der Waals surface area contributed by atoms with Crippen LogP contribution in [-0.2, 0) is 14.8 Å². The van der Waals surface area contributed by atoms with Crippen LogP contribution < -0.4 is 9.04 Å². The van der Waals surface area contributed by atoms with Crippen LogP contribution in [0.25, 0.3) is 0 Å². The topological polar surface area (TPSA) is 66.9 Å². The van der Waals surface area contributed by atoms with Gasteiger partial charge >= 0.3 is 0 Å². The number of hydrogen-bond acceptors (Lipinski definition) is 4. The fraction of sp³-hybridized carbons (Fsp3) is 0.417. The van der Waals surface area contributed by atoms with Crippen molar-refractivity contribution in [3.63, 3.8) is 0 Å². The monoisotopic (exact) mass is 318 g/mol. The molecular weight excluding hydrogens is 304 g/mol. The second-order valence-electron chi connectivity index (χ2n) is 4.75. The lowest BCUT2D eigenvalue weighted by atomic mass is 10.2. The Labute approximate surface area is 122 Å². The lowest BCUT2D eigenvalue weighted by molar-refractivity contribution is -0.135. The van der Waals surface area contributed by atoms with Crippen LogP contribution in [0.15, 0.2) is 18.2 Å². The van der Waals surface area contributed by atoms with E-state index in [1.54, 1.807) is 26.2 Å². The molecule has 0 saturated heterocycles. The Morgan fingerprint density at radius 2 is 2.10 bits per heavy atom. The summed E-state index contributed by atoms with van der Waals surface area (Å²) < 4.78 is 30.5. The number of amides is 1. The minimum atomic E-state index is -3.52. The number of carbonyl (C=O) groups is 1. The first kappa shape index (κ1) is 14.9. The molecule has 0 aromatic heterocycles. The van der Waals surface area contributed by atoms with E-state index in [0.717, 1.165) is 10.6 Å². The number of benzene rings is 1. The van der Waals surface area contributed by atoms with Crippen LogP contribution in [-0.4, -0.2) is 52.2 Å².